The SMILES string of the molecule is CCN1C(=O)/C(=C/c2ccc(OCC(=O)O)cc2)NC1=S. The molecule has 1 aliphatic heterocycles. The highest BCUT2D eigenvalue weighted by Crippen LogP contribution is 2.17. The van der Waals surface area contributed by atoms with E-state index in [2.05, 4.69) is 5.32 Å². The summed E-state index contributed by atoms with van der Waals surface area (Å²) in [5.41, 5.74) is 1.20. The van der Waals surface area contributed by atoms with Crippen molar-refractivity contribution in [1.82, 2.24) is 10.2 Å². The molecule has 1 aliphatic rings. The molecule has 1 saturated heterocycles. The van der Waals surface area contributed by atoms with E-state index in [9.17, 15) is 9.59 Å². The normalized spacial score (nSPS) is 16.2. The molecule has 7 heteroatoms. The number of likely N-dealkylation sites (N-methyl/N-ethyl adjacent to an activating group) is 1. The number of rotatable bonds is 5. The van der Waals surface area contributed by atoms with Crippen LogP contribution in [0.4, 0.5) is 0 Å². The van der Waals surface area contributed by atoms with Gasteiger partial charge in [-0.05, 0) is 42.9 Å². The number of ether oxygens (including phenoxy) is 1. The number of hydrogen-bond acceptors (Lipinski definition) is 4. The summed E-state index contributed by atoms with van der Waals surface area (Å²) in [5.74, 6) is -0.736. The topological polar surface area (TPSA) is 78.9 Å². The van der Waals surface area contributed by atoms with E-state index >= 15 is 0 Å². The summed E-state index contributed by atoms with van der Waals surface area (Å²) < 4.78 is 5.03. The third-order valence-corrected chi connectivity index (χ3v) is 3.15. The van der Waals surface area contributed by atoms with Gasteiger partial charge in [-0.15, -0.1) is 0 Å². The van der Waals surface area contributed by atoms with Crippen LogP contribution in [0.25, 0.3) is 6.08 Å². The van der Waals surface area contributed by atoms with Crippen molar-refractivity contribution >= 4 is 35.3 Å². The van der Waals surface area contributed by atoms with Crippen LogP contribution in [0.5, 0.6) is 5.75 Å². The lowest BCUT2D eigenvalue weighted by atomic mass is 10.2. The van der Waals surface area contributed by atoms with Gasteiger partial charge in [-0.3, -0.25) is 9.69 Å². The van der Waals surface area contributed by atoms with Crippen molar-refractivity contribution in [2.45, 2.75) is 6.92 Å². The minimum atomic E-state index is -1.03. The first-order valence-corrected chi connectivity index (χ1v) is 6.71. The molecule has 0 aromatic heterocycles. The van der Waals surface area contributed by atoms with Gasteiger partial charge in [-0.25, -0.2) is 4.79 Å². The molecule has 1 heterocycles. The number of carboxylic acids is 1. The molecular weight excluding hydrogens is 292 g/mol. The number of carboxylic acid groups (broad SMARTS) is 1. The molecule has 1 aromatic carbocycles. The number of thiocarbonyl (C=S) groups is 1. The molecule has 2 rings (SSSR count). The van der Waals surface area contributed by atoms with E-state index in [1.165, 1.54) is 4.90 Å². The number of aliphatic carboxylic acids is 1. The maximum Gasteiger partial charge on any atom is 0.341 e. The Labute approximate surface area is 127 Å². The Hall–Kier alpha value is -2.41. The van der Waals surface area contributed by atoms with Gasteiger partial charge in [0.15, 0.2) is 11.7 Å². The van der Waals surface area contributed by atoms with Crippen molar-refractivity contribution < 1.29 is 19.4 Å². The molecule has 0 aliphatic carbocycles. The van der Waals surface area contributed by atoms with Gasteiger partial charge < -0.3 is 15.2 Å². The average Bonchev–Trinajstić information content (AvgIpc) is 2.72. The molecule has 1 fully saturated rings. The highest BCUT2D eigenvalue weighted by atomic mass is 32.1. The molecule has 6 nitrogen and oxygen atoms in total. The summed E-state index contributed by atoms with van der Waals surface area (Å²) in [7, 11) is 0. The van der Waals surface area contributed by atoms with Crippen LogP contribution < -0.4 is 10.1 Å². The summed E-state index contributed by atoms with van der Waals surface area (Å²) in [5, 5.41) is 11.8. The van der Waals surface area contributed by atoms with Crippen LogP contribution in [-0.4, -0.2) is 40.1 Å². The third-order valence-electron chi connectivity index (χ3n) is 2.83. The van der Waals surface area contributed by atoms with Crippen molar-refractivity contribution in [2.75, 3.05) is 13.2 Å². The van der Waals surface area contributed by atoms with E-state index in [0.29, 0.717) is 23.1 Å². The lowest BCUT2D eigenvalue weighted by Gasteiger charge is -2.08. The molecule has 21 heavy (non-hydrogen) atoms. The number of nitrogens with zero attached hydrogens (tertiary/aromatic N) is 1. The summed E-state index contributed by atoms with van der Waals surface area (Å²) in [6, 6.07) is 6.75. The van der Waals surface area contributed by atoms with Gasteiger partial charge in [0.2, 0.25) is 0 Å². The van der Waals surface area contributed by atoms with Crippen molar-refractivity contribution in [3.05, 3.63) is 35.5 Å². The Bertz CT molecular complexity index is 610. The summed E-state index contributed by atoms with van der Waals surface area (Å²) in [6.07, 6.45) is 1.69. The largest absolute Gasteiger partial charge is 0.482 e. The van der Waals surface area contributed by atoms with Crippen molar-refractivity contribution in [1.29, 1.82) is 0 Å². The van der Waals surface area contributed by atoms with Gasteiger partial charge in [0.05, 0.1) is 0 Å². The van der Waals surface area contributed by atoms with Gasteiger partial charge in [-0.2, -0.15) is 0 Å². The zero-order chi connectivity index (χ0) is 15.4. The molecule has 0 spiro atoms. The first-order chi connectivity index (χ1) is 10.0. The highest BCUT2D eigenvalue weighted by Gasteiger charge is 2.28. The predicted octanol–water partition coefficient (Wildman–Crippen LogP) is 1.23. The zero-order valence-corrected chi connectivity index (χ0v) is 12.1. The molecule has 110 valence electrons. The quantitative estimate of drug-likeness (QED) is 0.629. The molecule has 1 aromatic rings. The maximum absolute atomic E-state index is 12.0. The second-order valence-corrected chi connectivity index (χ2v) is 4.68. The van der Waals surface area contributed by atoms with Crippen LogP contribution in [-0.2, 0) is 9.59 Å². The van der Waals surface area contributed by atoms with Crippen molar-refractivity contribution in [3.63, 3.8) is 0 Å². The molecule has 0 radical (unpaired) electrons. The highest BCUT2D eigenvalue weighted by molar-refractivity contribution is 7.80. The monoisotopic (exact) mass is 306 g/mol. The fraction of sp³-hybridized carbons (Fsp3) is 0.214. The first-order valence-electron chi connectivity index (χ1n) is 6.30. The second-order valence-electron chi connectivity index (χ2n) is 4.29. The van der Waals surface area contributed by atoms with Gasteiger partial charge in [0, 0.05) is 6.54 Å². The van der Waals surface area contributed by atoms with E-state index in [0.717, 1.165) is 5.56 Å². The standard InChI is InChI=1S/C14H14N2O4S/c1-2-16-13(19)11(15-14(16)21)7-9-3-5-10(6-4-9)20-8-12(17)18/h3-7H,2,8H2,1H3,(H,15,21)(H,17,18)/b11-7-. The molecule has 0 bridgehead atoms. The fourth-order valence-electron chi connectivity index (χ4n) is 1.83. The van der Waals surface area contributed by atoms with Crippen molar-refractivity contribution in [2.24, 2.45) is 0 Å². The number of nitrogens with one attached hydrogen (secondary N) is 1. The lowest BCUT2D eigenvalue weighted by Crippen LogP contribution is -2.30. The Balaban J connectivity index is 2.09. The smallest absolute Gasteiger partial charge is 0.341 e. The average molecular weight is 306 g/mol. The summed E-state index contributed by atoms with van der Waals surface area (Å²) in [4.78, 5) is 23.9. The van der Waals surface area contributed by atoms with Crippen LogP contribution in [0.3, 0.4) is 0 Å². The number of carbonyl (C=O) groups excluding carboxylic acids is 1. The fourth-order valence-corrected chi connectivity index (χ4v) is 2.15. The Morgan fingerprint density at radius 1 is 1.43 bits per heavy atom. The first kappa shape index (κ1) is 15.0. The Morgan fingerprint density at radius 2 is 2.10 bits per heavy atom. The summed E-state index contributed by atoms with van der Waals surface area (Å²) >= 11 is 5.07. The van der Waals surface area contributed by atoms with Gasteiger partial charge in [0.1, 0.15) is 11.4 Å². The minimum absolute atomic E-state index is 0.159. The van der Waals surface area contributed by atoms with Crippen molar-refractivity contribution in [3.8, 4) is 5.75 Å². The van der Waals surface area contributed by atoms with E-state index in [-0.39, 0.29) is 12.5 Å². The molecule has 2 N–H and O–H groups in total. The van der Waals surface area contributed by atoms with E-state index in [1.54, 1.807) is 30.3 Å². The van der Waals surface area contributed by atoms with Crippen LogP contribution in [0.15, 0.2) is 30.0 Å². The van der Waals surface area contributed by atoms with E-state index in [1.807, 2.05) is 6.92 Å². The van der Waals surface area contributed by atoms with Gasteiger partial charge >= 0.3 is 5.97 Å². The molecule has 0 unspecified atom stereocenters. The molecule has 0 atom stereocenters. The van der Waals surface area contributed by atoms with Crippen LogP contribution in [0, 0.1) is 0 Å². The third kappa shape index (κ3) is 3.57. The molecule has 0 saturated carbocycles. The number of carbonyl (C=O) groups is 2. The minimum Gasteiger partial charge on any atom is -0.482 e. The maximum atomic E-state index is 12.0. The van der Waals surface area contributed by atoms with E-state index in [4.69, 9.17) is 22.1 Å². The zero-order valence-electron chi connectivity index (χ0n) is 11.3. The molecular formula is C14H14N2O4S. The number of amides is 1. The second kappa shape index (κ2) is 6.36. The van der Waals surface area contributed by atoms with Crippen LogP contribution in [0.2, 0.25) is 0 Å². The Morgan fingerprint density at radius 3 is 2.62 bits per heavy atom. The summed E-state index contributed by atoms with van der Waals surface area (Å²) in [6.45, 7) is 1.98. The predicted molar refractivity (Wildman–Crippen MR) is 80.7 cm³/mol. The van der Waals surface area contributed by atoms with Crippen LogP contribution >= 0.6 is 12.2 Å². The van der Waals surface area contributed by atoms with Gasteiger partial charge in [-0.1, -0.05) is 12.1 Å². The van der Waals surface area contributed by atoms with Crippen LogP contribution in [0.1, 0.15) is 12.5 Å². The number of benzene rings is 1. The molecule has 1 amide bonds. The lowest BCUT2D eigenvalue weighted by molar-refractivity contribution is -0.139. The van der Waals surface area contributed by atoms with Gasteiger partial charge in [0.25, 0.3) is 5.91 Å². The Kier molecular flexibility index (Phi) is 4.54. The van der Waals surface area contributed by atoms with E-state index < -0.39 is 5.97 Å². The number of hydrogen-bond donors (Lipinski definition) is 2.